The smallest absolute Gasteiger partial charge is 0.228 e. The molecule has 1 aliphatic heterocycles. The average molecular weight is 223 g/mol. The van der Waals surface area contributed by atoms with E-state index in [9.17, 15) is 4.79 Å². The third kappa shape index (κ3) is 1.82. The van der Waals surface area contributed by atoms with E-state index in [-0.39, 0.29) is 5.91 Å². The van der Waals surface area contributed by atoms with E-state index in [0.29, 0.717) is 6.42 Å². The highest BCUT2D eigenvalue weighted by molar-refractivity contribution is 5.99. The van der Waals surface area contributed by atoms with Gasteiger partial charge in [-0.05, 0) is 35.7 Å². The number of aryl methyl sites for hydroxylation is 1. The summed E-state index contributed by atoms with van der Waals surface area (Å²) >= 11 is 0. The van der Waals surface area contributed by atoms with Crippen LogP contribution in [0.1, 0.15) is 11.1 Å². The summed E-state index contributed by atoms with van der Waals surface area (Å²) in [5.41, 5.74) is 5.66. The maximum absolute atomic E-state index is 11.3. The number of hydrogen-bond donors (Lipinski definition) is 1. The Morgan fingerprint density at radius 2 is 1.71 bits per heavy atom. The van der Waals surface area contributed by atoms with E-state index >= 15 is 0 Å². The number of anilines is 1. The number of rotatable bonds is 1. The van der Waals surface area contributed by atoms with Crippen LogP contribution < -0.4 is 5.32 Å². The predicted molar refractivity (Wildman–Crippen MR) is 68.9 cm³/mol. The van der Waals surface area contributed by atoms with E-state index in [1.54, 1.807) is 0 Å². The first kappa shape index (κ1) is 10.1. The van der Waals surface area contributed by atoms with Crippen LogP contribution in [0, 0.1) is 6.92 Å². The van der Waals surface area contributed by atoms with Gasteiger partial charge in [-0.25, -0.2) is 0 Å². The lowest BCUT2D eigenvalue weighted by Gasteiger charge is -2.05. The molecule has 17 heavy (non-hydrogen) atoms. The Morgan fingerprint density at radius 1 is 1.00 bits per heavy atom. The maximum Gasteiger partial charge on any atom is 0.228 e. The molecule has 0 aromatic heterocycles. The molecule has 0 saturated heterocycles. The first-order valence-corrected chi connectivity index (χ1v) is 5.72. The van der Waals surface area contributed by atoms with Crippen LogP contribution in [-0.2, 0) is 11.2 Å². The van der Waals surface area contributed by atoms with Crippen molar-refractivity contribution in [1.82, 2.24) is 0 Å². The molecule has 0 aliphatic carbocycles. The van der Waals surface area contributed by atoms with Gasteiger partial charge in [0.15, 0.2) is 0 Å². The largest absolute Gasteiger partial charge is 0.326 e. The highest BCUT2D eigenvalue weighted by Crippen LogP contribution is 2.29. The molecule has 2 aromatic rings. The molecule has 2 aromatic carbocycles. The summed E-state index contributed by atoms with van der Waals surface area (Å²) < 4.78 is 0. The summed E-state index contributed by atoms with van der Waals surface area (Å²) in [5, 5.41) is 2.85. The number of benzene rings is 2. The Kier molecular flexibility index (Phi) is 2.22. The summed E-state index contributed by atoms with van der Waals surface area (Å²) in [6.07, 6.45) is 0.495. The highest BCUT2D eigenvalue weighted by Gasteiger charge is 2.17. The number of amides is 1. The lowest BCUT2D eigenvalue weighted by atomic mass is 10.0. The van der Waals surface area contributed by atoms with Crippen LogP contribution in [0.25, 0.3) is 11.1 Å². The monoisotopic (exact) mass is 223 g/mol. The van der Waals surface area contributed by atoms with Gasteiger partial charge in [0.25, 0.3) is 0 Å². The van der Waals surface area contributed by atoms with E-state index in [0.717, 1.165) is 11.3 Å². The molecule has 0 bridgehead atoms. The minimum Gasteiger partial charge on any atom is -0.326 e. The van der Waals surface area contributed by atoms with Crippen molar-refractivity contribution in [2.45, 2.75) is 13.3 Å². The zero-order chi connectivity index (χ0) is 11.8. The van der Waals surface area contributed by atoms with Crippen molar-refractivity contribution in [2.24, 2.45) is 0 Å². The quantitative estimate of drug-likeness (QED) is 0.790. The standard InChI is InChI=1S/C15H13NO/c1-10-2-4-11(5-3-10)12-6-7-14-13(8-12)9-15(17)16-14/h2-8H,9H2,1H3,(H,16,17). The summed E-state index contributed by atoms with van der Waals surface area (Å²) in [5.74, 6) is 0.0843. The average Bonchev–Trinajstić information content (AvgIpc) is 2.69. The molecule has 84 valence electrons. The highest BCUT2D eigenvalue weighted by atomic mass is 16.1. The summed E-state index contributed by atoms with van der Waals surface area (Å²) in [4.78, 5) is 11.3. The van der Waals surface area contributed by atoms with E-state index in [1.165, 1.54) is 16.7 Å². The van der Waals surface area contributed by atoms with Crippen LogP contribution in [0.15, 0.2) is 42.5 Å². The Hall–Kier alpha value is -2.09. The molecule has 0 saturated carbocycles. The first-order chi connectivity index (χ1) is 8.22. The zero-order valence-corrected chi connectivity index (χ0v) is 9.66. The van der Waals surface area contributed by atoms with Gasteiger partial charge < -0.3 is 5.32 Å². The van der Waals surface area contributed by atoms with Gasteiger partial charge >= 0.3 is 0 Å². The predicted octanol–water partition coefficient (Wildman–Crippen LogP) is 3.16. The third-order valence-corrected chi connectivity index (χ3v) is 3.12. The number of carbonyl (C=O) groups is 1. The molecule has 2 heteroatoms. The van der Waals surface area contributed by atoms with Crippen LogP contribution in [0.4, 0.5) is 5.69 Å². The van der Waals surface area contributed by atoms with Crippen LogP contribution in [-0.4, -0.2) is 5.91 Å². The van der Waals surface area contributed by atoms with E-state index in [2.05, 4.69) is 48.6 Å². The number of carbonyl (C=O) groups excluding carboxylic acids is 1. The Morgan fingerprint density at radius 3 is 2.47 bits per heavy atom. The minimum atomic E-state index is 0.0843. The molecule has 1 amide bonds. The molecule has 0 radical (unpaired) electrons. The van der Waals surface area contributed by atoms with Gasteiger partial charge in [0.2, 0.25) is 5.91 Å². The molecule has 0 fully saturated rings. The number of nitrogens with one attached hydrogen (secondary N) is 1. The van der Waals surface area contributed by atoms with Crippen molar-refractivity contribution < 1.29 is 4.79 Å². The van der Waals surface area contributed by atoms with Gasteiger partial charge in [-0.15, -0.1) is 0 Å². The van der Waals surface area contributed by atoms with E-state index in [4.69, 9.17) is 0 Å². The van der Waals surface area contributed by atoms with Crippen molar-refractivity contribution in [3.8, 4) is 11.1 Å². The zero-order valence-electron chi connectivity index (χ0n) is 9.66. The fourth-order valence-electron chi connectivity index (χ4n) is 2.15. The third-order valence-electron chi connectivity index (χ3n) is 3.12. The van der Waals surface area contributed by atoms with E-state index in [1.807, 2.05) is 6.07 Å². The Bertz CT molecular complexity index is 584. The first-order valence-electron chi connectivity index (χ1n) is 5.72. The van der Waals surface area contributed by atoms with E-state index < -0.39 is 0 Å². The Balaban J connectivity index is 2.03. The number of fused-ring (bicyclic) bond motifs is 1. The van der Waals surface area contributed by atoms with Crippen LogP contribution in [0.2, 0.25) is 0 Å². The van der Waals surface area contributed by atoms with Crippen molar-refractivity contribution in [2.75, 3.05) is 5.32 Å². The molecule has 2 nitrogen and oxygen atoms in total. The number of hydrogen-bond acceptors (Lipinski definition) is 1. The molecule has 1 aliphatic rings. The van der Waals surface area contributed by atoms with Gasteiger partial charge in [0, 0.05) is 5.69 Å². The fourth-order valence-corrected chi connectivity index (χ4v) is 2.15. The molecule has 3 rings (SSSR count). The van der Waals surface area contributed by atoms with Crippen molar-refractivity contribution in [3.05, 3.63) is 53.6 Å². The van der Waals surface area contributed by atoms with Crippen LogP contribution >= 0.6 is 0 Å². The molecular weight excluding hydrogens is 210 g/mol. The molecule has 1 N–H and O–H groups in total. The fraction of sp³-hybridized carbons (Fsp3) is 0.133. The molecule has 0 atom stereocenters. The summed E-state index contributed by atoms with van der Waals surface area (Å²) in [7, 11) is 0. The van der Waals surface area contributed by atoms with Crippen LogP contribution in [0.3, 0.4) is 0 Å². The van der Waals surface area contributed by atoms with Crippen molar-refractivity contribution >= 4 is 11.6 Å². The molecule has 1 heterocycles. The lowest BCUT2D eigenvalue weighted by Crippen LogP contribution is -2.03. The Labute approximate surface area is 100 Å². The van der Waals surface area contributed by atoms with Crippen molar-refractivity contribution in [3.63, 3.8) is 0 Å². The minimum absolute atomic E-state index is 0.0843. The second-order valence-corrected chi connectivity index (χ2v) is 4.46. The second-order valence-electron chi connectivity index (χ2n) is 4.46. The molecule has 0 unspecified atom stereocenters. The SMILES string of the molecule is Cc1ccc(-c2ccc3c(c2)CC(=O)N3)cc1. The second kappa shape index (κ2) is 3.74. The molecule has 0 spiro atoms. The van der Waals surface area contributed by atoms with Crippen LogP contribution in [0.5, 0.6) is 0 Å². The van der Waals surface area contributed by atoms with Gasteiger partial charge in [-0.1, -0.05) is 35.9 Å². The van der Waals surface area contributed by atoms with Gasteiger partial charge in [-0.2, -0.15) is 0 Å². The van der Waals surface area contributed by atoms with Gasteiger partial charge in [0.05, 0.1) is 6.42 Å². The summed E-state index contributed by atoms with van der Waals surface area (Å²) in [6.45, 7) is 2.08. The maximum atomic E-state index is 11.3. The lowest BCUT2D eigenvalue weighted by molar-refractivity contribution is -0.115. The van der Waals surface area contributed by atoms with Gasteiger partial charge in [0.1, 0.15) is 0 Å². The normalized spacial score (nSPS) is 13.4. The topological polar surface area (TPSA) is 29.1 Å². The van der Waals surface area contributed by atoms with Gasteiger partial charge in [-0.3, -0.25) is 4.79 Å². The summed E-state index contributed by atoms with van der Waals surface area (Å²) in [6, 6.07) is 14.6. The van der Waals surface area contributed by atoms with Crippen molar-refractivity contribution in [1.29, 1.82) is 0 Å². The molecular formula is C15H13NO.